The van der Waals surface area contributed by atoms with E-state index < -0.39 is 0 Å². The zero-order valence-electron chi connectivity index (χ0n) is 14.6. The third kappa shape index (κ3) is 5.44. The van der Waals surface area contributed by atoms with Crippen LogP contribution in [0.2, 0.25) is 0 Å². The number of ether oxygens (including phenoxy) is 1. The zero-order valence-corrected chi connectivity index (χ0v) is 14.6. The van der Waals surface area contributed by atoms with Gasteiger partial charge in [0.25, 0.3) is 0 Å². The molecule has 7 nitrogen and oxygen atoms in total. The number of rotatable bonds is 5. The van der Waals surface area contributed by atoms with Crippen LogP contribution in [0.1, 0.15) is 20.8 Å². The van der Waals surface area contributed by atoms with Crippen molar-refractivity contribution in [2.75, 3.05) is 65.6 Å². The molecule has 1 N–H and O–H groups in total. The van der Waals surface area contributed by atoms with E-state index in [0.29, 0.717) is 26.2 Å². The van der Waals surface area contributed by atoms with Crippen LogP contribution in [0.5, 0.6) is 0 Å². The molecule has 2 heterocycles. The number of nitrogens with one attached hydrogen (secondary N) is 1. The molecule has 2 amide bonds. The topological polar surface area (TPSA) is 65.1 Å². The molecular weight excluding hydrogens is 296 g/mol. The quantitative estimate of drug-likeness (QED) is 0.729. The minimum absolute atomic E-state index is 0.0580. The van der Waals surface area contributed by atoms with Gasteiger partial charge in [-0.05, 0) is 13.8 Å². The maximum Gasteiger partial charge on any atom is 0.234 e. The Hall–Kier alpha value is -1.18. The highest BCUT2D eigenvalue weighted by atomic mass is 16.5. The standard InChI is InChI=1S/C16H30N4O3/c1-14(21)19-6-4-18(5-7-19)12-15(22)17-13-16(2,3)20-8-10-23-11-9-20/h4-13H2,1-3H3,(H,17,22). The number of hydrogen-bond acceptors (Lipinski definition) is 5. The van der Waals surface area contributed by atoms with Gasteiger partial charge in [-0.2, -0.15) is 0 Å². The fraction of sp³-hybridized carbons (Fsp3) is 0.875. The van der Waals surface area contributed by atoms with Crippen LogP contribution in [0.3, 0.4) is 0 Å². The molecule has 0 aliphatic carbocycles. The number of morpholine rings is 1. The van der Waals surface area contributed by atoms with Gasteiger partial charge in [0.2, 0.25) is 11.8 Å². The number of amides is 2. The highest BCUT2D eigenvalue weighted by molar-refractivity contribution is 5.78. The molecule has 0 bridgehead atoms. The molecule has 2 fully saturated rings. The summed E-state index contributed by atoms with van der Waals surface area (Å²) in [7, 11) is 0. The number of carbonyl (C=O) groups is 2. The lowest BCUT2D eigenvalue weighted by atomic mass is 10.0. The van der Waals surface area contributed by atoms with Gasteiger partial charge in [-0.25, -0.2) is 0 Å². The molecule has 0 saturated carbocycles. The smallest absolute Gasteiger partial charge is 0.234 e. The summed E-state index contributed by atoms with van der Waals surface area (Å²) in [6.07, 6.45) is 0. The van der Waals surface area contributed by atoms with E-state index in [0.717, 1.165) is 39.4 Å². The first-order valence-electron chi connectivity index (χ1n) is 8.46. The van der Waals surface area contributed by atoms with E-state index in [1.165, 1.54) is 0 Å². The van der Waals surface area contributed by atoms with Gasteiger partial charge in [-0.15, -0.1) is 0 Å². The summed E-state index contributed by atoms with van der Waals surface area (Å²) in [5, 5.41) is 3.06. The average molecular weight is 326 g/mol. The van der Waals surface area contributed by atoms with Crippen molar-refractivity contribution < 1.29 is 14.3 Å². The predicted octanol–water partition coefficient (Wildman–Crippen LogP) is -0.622. The number of hydrogen-bond donors (Lipinski definition) is 1. The Labute approximate surface area is 138 Å². The minimum Gasteiger partial charge on any atom is -0.379 e. The summed E-state index contributed by atoms with van der Waals surface area (Å²) in [6, 6.07) is 0. The van der Waals surface area contributed by atoms with Gasteiger partial charge in [-0.1, -0.05) is 0 Å². The van der Waals surface area contributed by atoms with E-state index in [9.17, 15) is 9.59 Å². The van der Waals surface area contributed by atoms with E-state index >= 15 is 0 Å². The molecule has 0 aromatic heterocycles. The molecule has 0 aromatic carbocycles. The molecule has 23 heavy (non-hydrogen) atoms. The van der Waals surface area contributed by atoms with Crippen molar-refractivity contribution >= 4 is 11.8 Å². The molecule has 0 spiro atoms. The highest BCUT2D eigenvalue weighted by Crippen LogP contribution is 2.15. The summed E-state index contributed by atoms with van der Waals surface area (Å²) in [4.78, 5) is 29.8. The van der Waals surface area contributed by atoms with E-state index in [1.54, 1.807) is 6.92 Å². The van der Waals surface area contributed by atoms with Crippen molar-refractivity contribution in [1.29, 1.82) is 0 Å². The first-order valence-corrected chi connectivity index (χ1v) is 8.46. The fourth-order valence-corrected chi connectivity index (χ4v) is 3.08. The Bertz CT molecular complexity index is 414. The maximum absolute atomic E-state index is 12.2. The third-order valence-electron chi connectivity index (χ3n) is 4.77. The number of piperazine rings is 1. The fourth-order valence-electron chi connectivity index (χ4n) is 3.08. The molecule has 2 saturated heterocycles. The van der Waals surface area contributed by atoms with Crippen LogP contribution in [0.4, 0.5) is 0 Å². The van der Waals surface area contributed by atoms with Crippen molar-refractivity contribution in [3.63, 3.8) is 0 Å². The normalized spacial score (nSPS) is 21.3. The van der Waals surface area contributed by atoms with Gasteiger partial charge < -0.3 is 15.0 Å². The second kappa shape index (κ2) is 8.08. The van der Waals surface area contributed by atoms with Crippen LogP contribution in [-0.2, 0) is 14.3 Å². The lowest BCUT2D eigenvalue weighted by molar-refractivity contribution is -0.131. The van der Waals surface area contributed by atoms with Crippen molar-refractivity contribution in [2.45, 2.75) is 26.3 Å². The molecule has 2 aliphatic heterocycles. The molecular formula is C16H30N4O3. The monoisotopic (exact) mass is 326 g/mol. The highest BCUT2D eigenvalue weighted by Gasteiger charge is 2.29. The Morgan fingerprint density at radius 1 is 1.04 bits per heavy atom. The number of carbonyl (C=O) groups excluding carboxylic acids is 2. The Morgan fingerprint density at radius 3 is 2.22 bits per heavy atom. The largest absolute Gasteiger partial charge is 0.379 e. The Morgan fingerprint density at radius 2 is 1.65 bits per heavy atom. The van der Waals surface area contributed by atoms with Gasteiger partial charge in [0, 0.05) is 58.3 Å². The third-order valence-corrected chi connectivity index (χ3v) is 4.77. The Balaban J connectivity index is 1.69. The molecule has 2 rings (SSSR count). The first kappa shape index (κ1) is 18.2. The van der Waals surface area contributed by atoms with Crippen LogP contribution < -0.4 is 5.32 Å². The summed E-state index contributed by atoms with van der Waals surface area (Å²) in [5.41, 5.74) is -0.0627. The van der Waals surface area contributed by atoms with Crippen LogP contribution in [0.25, 0.3) is 0 Å². The van der Waals surface area contributed by atoms with Crippen molar-refractivity contribution in [3.05, 3.63) is 0 Å². The van der Waals surface area contributed by atoms with E-state index in [1.807, 2.05) is 4.90 Å². The minimum atomic E-state index is -0.0627. The molecule has 7 heteroatoms. The van der Waals surface area contributed by atoms with E-state index in [-0.39, 0.29) is 17.4 Å². The van der Waals surface area contributed by atoms with Gasteiger partial charge >= 0.3 is 0 Å². The van der Waals surface area contributed by atoms with E-state index in [2.05, 4.69) is 29.0 Å². The van der Waals surface area contributed by atoms with Gasteiger partial charge in [0.1, 0.15) is 0 Å². The first-order chi connectivity index (χ1) is 10.9. The van der Waals surface area contributed by atoms with Crippen LogP contribution in [0.15, 0.2) is 0 Å². The van der Waals surface area contributed by atoms with Crippen LogP contribution in [-0.4, -0.2) is 97.6 Å². The average Bonchev–Trinajstić information content (AvgIpc) is 2.54. The SMILES string of the molecule is CC(=O)N1CCN(CC(=O)NCC(C)(C)N2CCOCC2)CC1. The van der Waals surface area contributed by atoms with Gasteiger partial charge in [0.05, 0.1) is 19.8 Å². The molecule has 132 valence electrons. The summed E-state index contributed by atoms with van der Waals surface area (Å²) in [6.45, 7) is 13.2. The van der Waals surface area contributed by atoms with E-state index in [4.69, 9.17) is 4.74 Å². The van der Waals surface area contributed by atoms with Gasteiger partial charge in [-0.3, -0.25) is 19.4 Å². The molecule has 0 unspecified atom stereocenters. The summed E-state index contributed by atoms with van der Waals surface area (Å²) < 4.78 is 5.38. The molecule has 0 radical (unpaired) electrons. The Kier molecular flexibility index (Phi) is 6.38. The van der Waals surface area contributed by atoms with Crippen molar-refractivity contribution in [3.8, 4) is 0 Å². The summed E-state index contributed by atoms with van der Waals surface area (Å²) in [5.74, 6) is 0.170. The van der Waals surface area contributed by atoms with Crippen LogP contribution >= 0.6 is 0 Å². The molecule has 0 atom stereocenters. The predicted molar refractivity (Wildman–Crippen MR) is 88.2 cm³/mol. The lowest BCUT2D eigenvalue weighted by Crippen LogP contribution is -2.56. The van der Waals surface area contributed by atoms with Crippen molar-refractivity contribution in [2.24, 2.45) is 0 Å². The van der Waals surface area contributed by atoms with Crippen molar-refractivity contribution in [1.82, 2.24) is 20.0 Å². The zero-order chi connectivity index (χ0) is 16.9. The second-order valence-corrected chi connectivity index (χ2v) is 6.97. The lowest BCUT2D eigenvalue weighted by Gasteiger charge is -2.41. The summed E-state index contributed by atoms with van der Waals surface area (Å²) >= 11 is 0. The van der Waals surface area contributed by atoms with Gasteiger partial charge in [0.15, 0.2) is 0 Å². The number of nitrogens with zero attached hydrogens (tertiary/aromatic N) is 3. The van der Waals surface area contributed by atoms with Crippen LogP contribution in [0, 0.1) is 0 Å². The second-order valence-electron chi connectivity index (χ2n) is 6.97. The molecule has 0 aromatic rings. The molecule has 2 aliphatic rings. The maximum atomic E-state index is 12.2.